The number of aliphatic carboxylic acids is 2. The molecule has 0 radical (unpaired) electrons. The average molecular weight is 220 g/mol. The first-order chi connectivity index (χ1) is 7.41. The second-order valence-electron chi connectivity index (χ2n) is 3.52. The lowest BCUT2D eigenvalue weighted by Gasteiger charge is -2.06. The summed E-state index contributed by atoms with van der Waals surface area (Å²) in [5.41, 5.74) is 1.97. The van der Waals surface area contributed by atoms with Gasteiger partial charge in [0.05, 0.1) is 5.57 Å². The summed E-state index contributed by atoms with van der Waals surface area (Å²) in [6, 6.07) is 5.18. The summed E-state index contributed by atoms with van der Waals surface area (Å²) in [5.74, 6) is -2.51. The van der Waals surface area contributed by atoms with Crippen molar-refractivity contribution in [1.82, 2.24) is 0 Å². The molecule has 1 aromatic carbocycles. The second-order valence-corrected chi connectivity index (χ2v) is 3.52. The minimum Gasteiger partial charge on any atom is -0.478 e. The molecular weight excluding hydrogens is 208 g/mol. The Labute approximate surface area is 92.8 Å². The summed E-state index contributed by atoms with van der Waals surface area (Å²) < 4.78 is 0. The van der Waals surface area contributed by atoms with Crippen LogP contribution in [0, 0.1) is 13.8 Å². The number of carboxylic acid groups (broad SMARTS) is 2. The molecule has 0 saturated heterocycles. The fourth-order valence-electron chi connectivity index (χ4n) is 1.49. The van der Waals surface area contributed by atoms with Gasteiger partial charge in [-0.15, -0.1) is 0 Å². The number of rotatable bonds is 3. The van der Waals surface area contributed by atoms with Crippen LogP contribution in [-0.2, 0) is 9.59 Å². The summed E-state index contributed by atoms with van der Waals surface area (Å²) in [7, 11) is 0. The highest BCUT2D eigenvalue weighted by atomic mass is 16.4. The highest BCUT2D eigenvalue weighted by Gasteiger charge is 2.14. The van der Waals surface area contributed by atoms with Crippen LogP contribution in [0.1, 0.15) is 16.7 Å². The molecule has 4 nitrogen and oxygen atoms in total. The van der Waals surface area contributed by atoms with Gasteiger partial charge in [0.25, 0.3) is 0 Å². The van der Waals surface area contributed by atoms with E-state index in [1.54, 1.807) is 19.1 Å². The maximum atomic E-state index is 10.9. The molecule has 0 bridgehead atoms. The van der Waals surface area contributed by atoms with E-state index in [9.17, 15) is 9.59 Å². The summed E-state index contributed by atoms with van der Waals surface area (Å²) in [6.07, 6.45) is 0.708. The largest absolute Gasteiger partial charge is 0.478 e. The van der Waals surface area contributed by atoms with E-state index in [2.05, 4.69) is 0 Å². The molecule has 0 aromatic heterocycles. The Hall–Kier alpha value is -2.10. The lowest BCUT2D eigenvalue weighted by atomic mass is 9.98. The van der Waals surface area contributed by atoms with Crippen LogP contribution in [0.25, 0.3) is 5.57 Å². The average Bonchev–Trinajstić information content (AvgIpc) is 2.14. The molecule has 0 heterocycles. The zero-order valence-electron chi connectivity index (χ0n) is 9.02. The third-order valence-electron chi connectivity index (χ3n) is 2.17. The van der Waals surface area contributed by atoms with Crippen molar-refractivity contribution in [2.75, 3.05) is 0 Å². The van der Waals surface area contributed by atoms with Crippen LogP contribution in [0.15, 0.2) is 24.3 Å². The molecule has 0 saturated carbocycles. The number of hydrogen-bond acceptors (Lipinski definition) is 2. The number of aryl methyl sites for hydroxylation is 2. The van der Waals surface area contributed by atoms with Crippen molar-refractivity contribution in [2.24, 2.45) is 0 Å². The van der Waals surface area contributed by atoms with Crippen molar-refractivity contribution in [2.45, 2.75) is 13.8 Å². The Bertz CT molecular complexity index is 472. The smallest absolute Gasteiger partial charge is 0.336 e. The number of carboxylic acids is 2. The fourth-order valence-corrected chi connectivity index (χ4v) is 1.49. The number of carbonyl (C=O) groups is 2. The summed E-state index contributed by atoms with van der Waals surface area (Å²) in [6.45, 7) is 3.64. The SMILES string of the molecule is Cc1ccc(/C(=C/C(=O)O)C(=O)O)c(C)c1. The minimum atomic E-state index is -1.27. The standard InChI is InChI=1S/C12H12O4/c1-7-3-4-9(8(2)5-7)10(12(15)16)6-11(13)14/h3-6H,1-2H3,(H,13,14)(H,15,16)/b10-6-. The van der Waals surface area contributed by atoms with Crippen LogP contribution in [0.2, 0.25) is 0 Å². The van der Waals surface area contributed by atoms with Gasteiger partial charge < -0.3 is 10.2 Å². The van der Waals surface area contributed by atoms with E-state index < -0.39 is 11.9 Å². The first-order valence-electron chi connectivity index (χ1n) is 4.67. The Balaban J connectivity index is 3.33. The van der Waals surface area contributed by atoms with Gasteiger partial charge in [0.1, 0.15) is 0 Å². The van der Waals surface area contributed by atoms with Crippen LogP contribution in [0.3, 0.4) is 0 Å². The van der Waals surface area contributed by atoms with Crippen LogP contribution in [0.4, 0.5) is 0 Å². The molecule has 84 valence electrons. The number of hydrogen-bond donors (Lipinski definition) is 2. The van der Waals surface area contributed by atoms with Gasteiger partial charge in [0, 0.05) is 6.08 Å². The molecule has 0 spiro atoms. The van der Waals surface area contributed by atoms with Gasteiger partial charge in [-0.3, -0.25) is 0 Å². The maximum absolute atomic E-state index is 10.9. The van der Waals surface area contributed by atoms with E-state index in [0.29, 0.717) is 11.6 Å². The molecule has 16 heavy (non-hydrogen) atoms. The van der Waals surface area contributed by atoms with E-state index in [4.69, 9.17) is 10.2 Å². The summed E-state index contributed by atoms with van der Waals surface area (Å²) >= 11 is 0. The molecule has 0 atom stereocenters. The Kier molecular flexibility index (Phi) is 3.45. The lowest BCUT2D eigenvalue weighted by Crippen LogP contribution is -2.04. The zero-order valence-corrected chi connectivity index (χ0v) is 9.02. The third kappa shape index (κ3) is 2.70. The Morgan fingerprint density at radius 1 is 1.19 bits per heavy atom. The predicted octanol–water partition coefficient (Wildman–Crippen LogP) is 1.86. The van der Waals surface area contributed by atoms with Crippen molar-refractivity contribution in [1.29, 1.82) is 0 Å². The first kappa shape index (κ1) is 12.0. The van der Waals surface area contributed by atoms with E-state index in [-0.39, 0.29) is 5.57 Å². The van der Waals surface area contributed by atoms with Crippen LogP contribution < -0.4 is 0 Å². The molecule has 4 heteroatoms. The van der Waals surface area contributed by atoms with Crippen LogP contribution in [0.5, 0.6) is 0 Å². The van der Waals surface area contributed by atoms with Crippen molar-refractivity contribution < 1.29 is 19.8 Å². The van der Waals surface area contributed by atoms with Crippen molar-refractivity contribution in [3.63, 3.8) is 0 Å². The second kappa shape index (κ2) is 4.61. The third-order valence-corrected chi connectivity index (χ3v) is 2.17. The molecule has 0 fully saturated rings. The predicted molar refractivity (Wildman–Crippen MR) is 59.2 cm³/mol. The van der Waals surface area contributed by atoms with Gasteiger partial charge in [-0.2, -0.15) is 0 Å². The summed E-state index contributed by atoms with van der Waals surface area (Å²) in [5, 5.41) is 17.5. The molecule has 0 unspecified atom stereocenters. The van der Waals surface area contributed by atoms with Gasteiger partial charge in [-0.25, -0.2) is 9.59 Å². The van der Waals surface area contributed by atoms with E-state index in [1.807, 2.05) is 13.0 Å². The van der Waals surface area contributed by atoms with Crippen molar-refractivity contribution in [3.05, 3.63) is 41.0 Å². The quantitative estimate of drug-likeness (QED) is 0.762. The molecule has 2 N–H and O–H groups in total. The molecule has 0 amide bonds. The van der Waals surface area contributed by atoms with Gasteiger partial charge in [0.15, 0.2) is 0 Å². The highest BCUT2D eigenvalue weighted by molar-refractivity contribution is 6.19. The Morgan fingerprint density at radius 2 is 1.81 bits per heavy atom. The van der Waals surface area contributed by atoms with Gasteiger partial charge in [-0.05, 0) is 25.0 Å². The minimum absolute atomic E-state index is 0.204. The topological polar surface area (TPSA) is 74.6 Å². The summed E-state index contributed by atoms with van der Waals surface area (Å²) in [4.78, 5) is 21.5. The molecule has 0 aliphatic heterocycles. The van der Waals surface area contributed by atoms with Crippen LogP contribution in [-0.4, -0.2) is 22.2 Å². The van der Waals surface area contributed by atoms with Crippen molar-refractivity contribution in [3.8, 4) is 0 Å². The molecule has 1 rings (SSSR count). The fraction of sp³-hybridized carbons (Fsp3) is 0.167. The van der Waals surface area contributed by atoms with Gasteiger partial charge >= 0.3 is 11.9 Å². The van der Waals surface area contributed by atoms with E-state index >= 15 is 0 Å². The van der Waals surface area contributed by atoms with E-state index in [1.165, 1.54) is 0 Å². The maximum Gasteiger partial charge on any atom is 0.336 e. The zero-order chi connectivity index (χ0) is 12.3. The van der Waals surface area contributed by atoms with Gasteiger partial charge in [-0.1, -0.05) is 23.8 Å². The first-order valence-corrected chi connectivity index (χ1v) is 4.67. The number of benzene rings is 1. The lowest BCUT2D eigenvalue weighted by molar-refractivity contribution is -0.133. The van der Waals surface area contributed by atoms with Crippen LogP contribution >= 0.6 is 0 Å². The van der Waals surface area contributed by atoms with Crippen molar-refractivity contribution >= 4 is 17.5 Å². The van der Waals surface area contributed by atoms with E-state index in [0.717, 1.165) is 11.1 Å². The monoisotopic (exact) mass is 220 g/mol. The molecule has 1 aromatic rings. The normalized spacial score (nSPS) is 11.2. The van der Waals surface area contributed by atoms with Gasteiger partial charge in [0.2, 0.25) is 0 Å². The molecular formula is C12H12O4. The molecule has 0 aliphatic carbocycles. The molecule has 0 aliphatic rings. The Morgan fingerprint density at radius 3 is 2.25 bits per heavy atom. The highest BCUT2D eigenvalue weighted by Crippen LogP contribution is 2.20.